The quantitative estimate of drug-likeness (QED) is 0.570. The largest absolute Gasteiger partial charge is 0.494 e. The molecule has 158 valence electrons. The average Bonchev–Trinajstić information content (AvgIpc) is 2.67. The molecule has 0 aromatic carbocycles. The molecule has 11 heteroatoms. The average molecular weight is 409 g/mol. The number of hydrogen-bond donors (Lipinski definition) is 3. The van der Waals surface area contributed by atoms with E-state index in [1.165, 1.54) is 0 Å². The first-order chi connectivity index (χ1) is 13.8. The van der Waals surface area contributed by atoms with Gasteiger partial charge in [0.25, 0.3) is 11.5 Å². The highest BCUT2D eigenvalue weighted by Crippen LogP contribution is 2.29. The molecule has 0 bridgehead atoms. The van der Waals surface area contributed by atoms with E-state index < -0.39 is 59.2 Å². The van der Waals surface area contributed by atoms with Crippen LogP contribution in [0.4, 0.5) is 0 Å². The van der Waals surface area contributed by atoms with Crippen LogP contribution < -0.4 is 16.6 Å². The predicted octanol–water partition coefficient (Wildman–Crippen LogP) is -0.0867. The summed E-state index contributed by atoms with van der Waals surface area (Å²) >= 11 is 0. The second kappa shape index (κ2) is 8.50. The van der Waals surface area contributed by atoms with Gasteiger partial charge >= 0.3 is 17.6 Å². The van der Waals surface area contributed by atoms with E-state index >= 15 is 0 Å². The highest BCUT2D eigenvalue weighted by atomic mass is 16.5. The van der Waals surface area contributed by atoms with Gasteiger partial charge in [0.2, 0.25) is 5.88 Å². The van der Waals surface area contributed by atoms with E-state index in [-0.39, 0.29) is 19.4 Å². The lowest BCUT2D eigenvalue weighted by Gasteiger charge is -2.28. The van der Waals surface area contributed by atoms with Crippen LogP contribution in [-0.2, 0) is 14.3 Å². The molecular weight excluding hydrogens is 386 g/mol. The Hall–Kier alpha value is -3.11. The SMILES string of the molecule is O=C(O)CNC(=O)c1c(O)n(C2CCOC(=O)C2)c(=O)n(C2CCCCC2)c1=O. The first-order valence-electron chi connectivity index (χ1n) is 9.57. The standard InChI is InChI=1S/C18H23N3O8/c22-12(23)9-19-15(25)14-16(26)20(10-4-2-1-3-5-10)18(28)21(17(14)27)11-6-7-29-13(24)8-11/h10-11,27H,1-9H2,(H,19,25)(H,22,23). The molecule has 3 rings (SSSR count). The van der Waals surface area contributed by atoms with Crippen LogP contribution in [0, 0.1) is 0 Å². The van der Waals surface area contributed by atoms with Gasteiger partial charge in [-0.3, -0.25) is 28.3 Å². The molecule has 1 aliphatic carbocycles. The zero-order valence-electron chi connectivity index (χ0n) is 15.8. The fraction of sp³-hybridized carbons (Fsp3) is 0.611. The summed E-state index contributed by atoms with van der Waals surface area (Å²) in [5.74, 6) is -3.84. The van der Waals surface area contributed by atoms with Gasteiger partial charge in [-0.1, -0.05) is 19.3 Å². The van der Waals surface area contributed by atoms with Gasteiger partial charge in [-0.05, 0) is 12.8 Å². The van der Waals surface area contributed by atoms with Crippen molar-refractivity contribution < 1.29 is 29.3 Å². The fourth-order valence-corrected chi connectivity index (χ4v) is 3.95. The Bertz CT molecular complexity index is 942. The molecule has 0 radical (unpaired) electrons. The topological polar surface area (TPSA) is 157 Å². The minimum atomic E-state index is -1.33. The van der Waals surface area contributed by atoms with Crippen LogP contribution in [-0.4, -0.2) is 50.3 Å². The van der Waals surface area contributed by atoms with Gasteiger partial charge in [-0.2, -0.15) is 0 Å². The minimum Gasteiger partial charge on any atom is -0.494 e. The monoisotopic (exact) mass is 409 g/mol. The van der Waals surface area contributed by atoms with Crippen LogP contribution >= 0.6 is 0 Å². The van der Waals surface area contributed by atoms with Crippen LogP contribution in [0.1, 0.15) is 67.4 Å². The van der Waals surface area contributed by atoms with E-state index in [0.29, 0.717) is 12.8 Å². The number of esters is 1. The van der Waals surface area contributed by atoms with E-state index in [1.54, 1.807) is 0 Å². The lowest BCUT2D eigenvalue weighted by Crippen LogP contribution is -2.48. The molecule has 2 fully saturated rings. The molecule has 1 atom stereocenters. The summed E-state index contributed by atoms with van der Waals surface area (Å²) in [5.41, 5.74) is -2.44. The number of nitrogens with zero attached hydrogens (tertiary/aromatic N) is 2. The summed E-state index contributed by atoms with van der Waals surface area (Å²) < 4.78 is 6.73. The van der Waals surface area contributed by atoms with Crippen molar-refractivity contribution in [2.45, 2.75) is 57.0 Å². The Kier molecular flexibility index (Phi) is 6.04. The highest BCUT2D eigenvalue weighted by molar-refractivity contribution is 5.97. The van der Waals surface area contributed by atoms with Crippen molar-refractivity contribution in [3.8, 4) is 5.88 Å². The third-order valence-electron chi connectivity index (χ3n) is 5.35. The summed E-state index contributed by atoms with van der Waals surface area (Å²) in [6, 6.07) is -1.21. The van der Waals surface area contributed by atoms with Crippen molar-refractivity contribution in [3.05, 3.63) is 26.4 Å². The first-order valence-corrected chi connectivity index (χ1v) is 9.57. The van der Waals surface area contributed by atoms with Crippen molar-refractivity contribution in [1.82, 2.24) is 14.5 Å². The number of aliphatic carboxylic acids is 1. The molecule has 2 heterocycles. The lowest BCUT2D eigenvalue weighted by atomic mass is 9.95. The molecule has 1 aliphatic heterocycles. The molecular formula is C18H23N3O8. The third-order valence-corrected chi connectivity index (χ3v) is 5.35. The van der Waals surface area contributed by atoms with E-state index in [4.69, 9.17) is 9.84 Å². The maximum absolute atomic E-state index is 13.1. The molecule has 1 amide bonds. The molecule has 1 saturated heterocycles. The second-order valence-corrected chi connectivity index (χ2v) is 7.26. The molecule has 3 N–H and O–H groups in total. The Balaban J connectivity index is 2.16. The molecule has 11 nitrogen and oxygen atoms in total. The van der Waals surface area contributed by atoms with Gasteiger partial charge in [-0.25, -0.2) is 4.79 Å². The van der Waals surface area contributed by atoms with E-state index in [9.17, 15) is 29.1 Å². The van der Waals surface area contributed by atoms with Gasteiger partial charge < -0.3 is 20.3 Å². The number of aromatic nitrogens is 2. The van der Waals surface area contributed by atoms with Crippen LogP contribution in [0.3, 0.4) is 0 Å². The van der Waals surface area contributed by atoms with Gasteiger partial charge in [0, 0.05) is 12.5 Å². The number of carboxylic acids is 1. The number of carboxylic acid groups (broad SMARTS) is 1. The third kappa shape index (κ3) is 4.17. The molecule has 1 saturated carbocycles. The number of aromatic hydroxyl groups is 1. The van der Waals surface area contributed by atoms with Crippen molar-refractivity contribution in [1.29, 1.82) is 0 Å². The maximum Gasteiger partial charge on any atom is 0.334 e. The zero-order chi connectivity index (χ0) is 21.1. The van der Waals surface area contributed by atoms with Gasteiger partial charge in [-0.15, -0.1) is 0 Å². The summed E-state index contributed by atoms with van der Waals surface area (Å²) in [7, 11) is 0. The lowest BCUT2D eigenvalue weighted by molar-refractivity contribution is -0.148. The van der Waals surface area contributed by atoms with Crippen molar-refractivity contribution in [2.24, 2.45) is 0 Å². The van der Waals surface area contributed by atoms with Gasteiger partial charge in [0.15, 0.2) is 5.56 Å². The summed E-state index contributed by atoms with van der Waals surface area (Å²) in [5, 5.41) is 21.5. The Morgan fingerprint density at radius 3 is 2.34 bits per heavy atom. The molecule has 1 aromatic rings. The zero-order valence-corrected chi connectivity index (χ0v) is 15.8. The summed E-state index contributed by atoms with van der Waals surface area (Å²) in [6.45, 7) is -0.714. The number of amides is 1. The minimum absolute atomic E-state index is 0.0402. The highest BCUT2D eigenvalue weighted by Gasteiger charge is 2.33. The molecule has 1 aromatic heterocycles. The predicted molar refractivity (Wildman–Crippen MR) is 97.9 cm³/mol. The van der Waals surface area contributed by atoms with Gasteiger partial charge in [0.1, 0.15) is 6.54 Å². The molecule has 1 unspecified atom stereocenters. The first kappa shape index (κ1) is 20.6. The van der Waals surface area contributed by atoms with Crippen molar-refractivity contribution in [2.75, 3.05) is 13.2 Å². The number of cyclic esters (lactones) is 1. The van der Waals surface area contributed by atoms with E-state index in [1.807, 2.05) is 5.32 Å². The summed E-state index contributed by atoms with van der Waals surface area (Å²) in [4.78, 5) is 61.1. The molecule has 0 spiro atoms. The molecule has 29 heavy (non-hydrogen) atoms. The Morgan fingerprint density at radius 1 is 1.03 bits per heavy atom. The van der Waals surface area contributed by atoms with Crippen LogP contribution in [0.25, 0.3) is 0 Å². The smallest absolute Gasteiger partial charge is 0.334 e. The Morgan fingerprint density at radius 2 is 1.72 bits per heavy atom. The Labute approximate surface area is 164 Å². The van der Waals surface area contributed by atoms with Crippen LogP contribution in [0.5, 0.6) is 5.88 Å². The van der Waals surface area contributed by atoms with E-state index in [0.717, 1.165) is 28.4 Å². The second-order valence-electron chi connectivity index (χ2n) is 7.26. The van der Waals surface area contributed by atoms with Crippen LogP contribution in [0.2, 0.25) is 0 Å². The fourth-order valence-electron chi connectivity index (χ4n) is 3.95. The maximum atomic E-state index is 13.1. The normalized spacial score (nSPS) is 20.1. The number of nitrogens with one attached hydrogen (secondary N) is 1. The molecule has 2 aliphatic rings. The van der Waals surface area contributed by atoms with E-state index in [2.05, 4.69) is 0 Å². The van der Waals surface area contributed by atoms with Gasteiger partial charge in [0.05, 0.1) is 19.1 Å². The number of carbonyl (C=O) groups is 3. The van der Waals surface area contributed by atoms with Crippen molar-refractivity contribution in [3.63, 3.8) is 0 Å². The number of carbonyl (C=O) groups excluding carboxylic acids is 2. The number of ether oxygens (including phenoxy) is 1. The number of hydrogen-bond acceptors (Lipinski definition) is 7. The van der Waals surface area contributed by atoms with Crippen LogP contribution in [0.15, 0.2) is 9.59 Å². The van der Waals surface area contributed by atoms with Crippen molar-refractivity contribution >= 4 is 17.8 Å². The number of rotatable bonds is 5. The summed E-state index contributed by atoms with van der Waals surface area (Å²) in [6.07, 6.45) is 3.79.